The largest absolute Gasteiger partial charge is 0.284 e. The number of pyridine rings is 1. The Morgan fingerprint density at radius 2 is 1.81 bits per heavy atom. The van der Waals surface area contributed by atoms with Gasteiger partial charge in [-0.25, -0.2) is 13.1 Å². The Morgan fingerprint density at radius 3 is 2.52 bits per heavy atom. The second kappa shape index (κ2) is 6.44. The first-order valence-electron chi connectivity index (χ1n) is 8.14. The van der Waals surface area contributed by atoms with Crippen LogP contribution in [0, 0.1) is 6.92 Å². The summed E-state index contributed by atoms with van der Waals surface area (Å²) in [5.41, 5.74) is 1.03. The van der Waals surface area contributed by atoms with Crippen LogP contribution in [0.1, 0.15) is 11.4 Å². The van der Waals surface area contributed by atoms with Gasteiger partial charge in [-0.3, -0.25) is 14.9 Å². The summed E-state index contributed by atoms with van der Waals surface area (Å²) in [6.45, 7) is 1.90. The highest BCUT2D eigenvalue weighted by molar-refractivity contribution is 7.91. The summed E-state index contributed by atoms with van der Waals surface area (Å²) in [5, 5.41) is 10.6. The number of nitrogens with zero attached hydrogens (tertiary/aromatic N) is 4. The predicted molar refractivity (Wildman–Crippen MR) is 98.1 cm³/mol. The monoisotopic (exact) mass is 381 g/mol. The van der Waals surface area contributed by atoms with E-state index in [-0.39, 0.29) is 32.9 Å². The van der Waals surface area contributed by atoms with Crippen LogP contribution in [0.2, 0.25) is 0 Å². The van der Waals surface area contributed by atoms with Crippen molar-refractivity contribution >= 4 is 20.6 Å². The fourth-order valence-corrected chi connectivity index (χ4v) is 4.14. The predicted octanol–water partition coefficient (Wildman–Crippen LogP) is 1.70. The van der Waals surface area contributed by atoms with E-state index in [0.29, 0.717) is 5.69 Å². The zero-order valence-electron chi connectivity index (χ0n) is 14.3. The van der Waals surface area contributed by atoms with E-state index in [1.165, 1.54) is 12.3 Å². The average Bonchev–Trinajstić information content (AvgIpc) is 3.20. The van der Waals surface area contributed by atoms with E-state index in [1.807, 2.05) is 19.1 Å². The molecular formula is C18H15N5O3S. The topological polar surface area (TPSA) is 111 Å². The van der Waals surface area contributed by atoms with Crippen molar-refractivity contribution in [1.29, 1.82) is 0 Å². The molecule has 136 valence electrons. The number of H-pyrrole nitrogens is 1. The highest BCUT2D eigenvalue weighted by atomic mass is 32.2. The molecule has 27 heavy (non-hydrogen) atoms. The molecule has 0 radical (unpaired) electrons. The number of hydrogen-bond donors (Lipinski definition) is 1. The van der Waals surface area contributed by atoms with Crippen LogP contribution in [-0.2, 0) is 16.4 Å². The highest BCUT2D eigenvalue weighted by Crippen LogP contribution is 2.23. The third kappa shape index (κ3) is 3.02. The van der Waals surface area contributed by atoms with Crippen molar-refractivity contribution < 1.29 is 8.42 Å². The number of sulfone groups is 1. The van der Waals surface area contributed by atoms with E-state index in [9.17, 15) is 13.2 Å². The Balaban J connectivity index is 1.97. The van der Waals surface area contributed by atoms with Crippen molar-refractivity contribution in [3.63, 3.8) is 0 Å². The van der Waals surface area contributed by atoms with E-state index in [1.54, 1.807) is 30.3 Å². The van der Waals surface area contributed by atoms with Crippen LogP contribution in [-0.4, -0.2) is 33.4 Å². The SMILES string of the molecule is Cc1cccc(Cn2nc(S(=O)(=O)c3cc[nH]n3)c3ccccc3c2=O)n1. The van der Waals surface area contributed by atoms with Gasteiger partial charge in [-0.1, -0.05) is 24.3 Å². The van der Waals surface area contributed by atoms with Gasteiger partial charge in [-0.2, -0.15) is 10.2 Å². The van der Waals surface area contributed by atoms with Crippen LogP contribution < -0.4 is 5.56 Å². The van der Waals surface area contributed by atoms with Crippen LogP contribution in [0.5, 0.6) is 0 Å². The maximum Gasteiger partial charge on any atom is 0.275 e. The highest BCUT2D eigenvalue weighted by Gasteiger charge is 2.26. The van der Waals surface area contributed by atoms with Crippen molar-refractivity contribution in [2.75, 3.05) is 0 Å². The lowest BCUT2D eigenvalue weighted by Crippen LogP contribution is -2.27. The van der Waals surface area contributed by atoms with Crippen LogP contribution in [0.25, 0.3) is 10.8 Å². The minimum atomic E-state index is -4.00. The second-order valence-electron chi connectivity index (χ2n) is 6.00. The lowest BCUT2D eigenvalue weighted by Gasteiger charge is -2.10. The molecule has 0 fully saturated rings. The molecule has 0 atom stereocenters. The van der Waals surface area contributed by atoms with Gasteiger partial charge in [0.25, 0.3) is 5.56 Å². The first kappa shape index (κ1) is 17.1. The molecule has 0 amide bonds. The van der Waals surface area contributed by atoms with E-state index in [4.69, 9.17) is 0 Å². The molecule has 1 aromatic carbocycles. The number of aromatic amines is 1. The standard InChI is InChI=1S/C18H15N5O3S/c1-12-5-4-6-13(20-12)11-23-18(24)15-8-3-2-7-14(15)17(22-23)27(25,26)16-9-10-19-21-16/h2-10H,11H2,1H3,(H,19,21). The third-order valence-corrected chi connectivity index (χ3v) is 5.69. The van der Waals surface area contributed by atoms with Gasteiger partial charge in [-0.05, 0) is 31.2 Å². The number of aryl methyl sites for hydroxylation is 1. The normalized spacial score (nSPS) is 11.7. The quantitative estimate of drug-likeness (QED) is 0.576. The van der Waals surface area contributed by atoms with Crippen molar-refractivity contribution in [3.8, 4) is 0 Å². The van der Waals surface area contributed by atoms with Crippen molar-refractivity contribution in [2.45, 2.75) is 23.5 Å². The van der Waals surface area contributed by atoms with Crippen molar-refractivity contribution in [3.05, 3.63) is 76.5 Å². The molecular weight excluding hydrogens is 366 g/mol. The molecule has 0 aliphatic rings. The van der Waals surface area contributed by atoms with Crippen LogP contribution in [0.3, 0.4) is 0 Å². The minimum absolute atomic E-state index is 0.0639. The summed E-state index contributed by atoms with van der Waals surface area (Å²) < 4.78 is 27.1. The van der Waals surface area contributed by atoms with Crippen LogP contribution >= 0.6 is 0 Å². The lowest BCUT2D eigenvalue weighted by molar-refractivity contribution is 0.566. The van der Waals surface area contributed by atoms with Crippen LogP contribution in [0.15, 0.2) is 69.6 Å². The number of benzene rings is 1. The molecule has 3 heterocycles. The van der Waals surface area contributed by atoms with E-state index < -0.39 is 9.84 Å². The summed E-state index contributed by atoms with van der Waals surface area (Å²) in [5.74, 6) is 0. The molecule has 0 saturated carbocycles. The molecule has 1 N–H and O–H groups in total. The first-order valence-corrected chi connectivity index (χ1v) is 9.62. The number of aromatic nitrogens is 5. The molecule has 0 unspecified atom stereocenters. The number of hydrogen-bond acceptors (Lipinski definition) is 6. The summed E-state index contributed by atoms with van der Waals surface area (Å²) in [6.07, 6.45) is 1.42. The fourth-order valence-electron chi connectivity index (χ4n) is 2.85. The molecule has 0 saturated heterocycles. The molecule has 0 spiro atoms. The molecule has 0 aliphatic carbocycles. The van der Waals surface area contributed by atoms with Gasteiger partial charge in [0.1, 0.15) is 0 Å². The molecule has 8 nitrogen and oxygen atoms in total. The summed E-state index contributed by atoms with van der Waals surface area (Å²) >= 11 is 0. The minimum Gasteiger partial charge on any atom is -0.284 e. The molecule has 3 aromatic heterocycles. The van der Waals surface area contributed by atoms with E-state index in [2.05, 4.69) is 20.3 Å². The maximum atomic E-state index is 13.0. The van der Waals surface area contributed by atoms with Crippen molar-refractivity contribution in [1.82, 2.24) is 25.0 Å². The Hall–Kier alpha value is -3.33. The third-order valence-electron chi connectivity index (χ3n) is 4.10. The number of rotatable bonds is 4. The lowest BCUT2D eigenvalue weighted by atomic mass is 10.2. The molecule has 0 aliphatic heterocycles. The summed E-state index contributed by atoms with van der Waals surface area (Å²) in [7, 11) is -4.00. The zero-order chi connectivity index (χ0) is 19.0. The molecule has 0 bridgehead atoms. The van der Waals surface area contributed by atoms with Gasteiger partial charge in [0, 0.05) is 17.3 Å². The maximum absolute atomic E-state index is 13.0. The Kier molecular flexibility index (Phi) is 4.08. The number of nitrogens with one attached hydrogen (secondary N) is 1. The van der Waals surface area contributed by atoms with Gasteiger partial charge >= 0.3 is 0 Å². The summed E-state index contributed by atoms with van der Waals surface area (Å²) in [4.78, 5) is 17.2. The van der Waals surface area contributed by atoms with Crippen molar-refractivity contribution in [2.24, 2.45) is 0 Å². The Labute approximate surface area is 154 Å². The fraction of sp³-hybridized carbons (Fsp3) is 0.111. The van der Waals surface area contributed by atoms with E-state index >= 15 is 0 Å². The van der Waals surface area contributed by atoms with Gasteiger partial charge < -0.3 is 0 Å². The second-order valence-corrected chi connectivity index (χ2v) is 7.81. The van der Waals surface area contributed by atoms with Gasteiger partial charge in [0.05, 0.1) is 17.6 Å². The van der Waals surface area contributed by atoms with Gasteiger partial charge in [0.2, 0.25) is 9.84 Å². The van der Waals surface area contributed by atoms with Gasteiger partial charge in [0.15, 0.2) is 10.1 Å². The average molecular weight is 381 g/mol. The zero-order valence-corrected chi connectivity index (χ0v) is 15.1. The Bertz CT molecular complexity index is 1290. The molecule has 4 aromatic rings. The van der Waals surface area contributed by atoms with E-state index in [0.717, 1.165) is 10.4 Å². The van der Waals surface area contributed by atoms with Gasteiger partial charge in [-0.15, -0.1) is 0 Å². The molecule has 4 rings (SSSR count). The summed E-state index contributed by atoms with van der Waals surface area (Å²) in [6, 6.07) is 13.3. The Morgan fingerprint density at radius 1 is 1.04 bits per heavy atom. The molecule has 9 heteroatoms. The number of fused-ring (bicyclic) bond motifs is 1. The smallest absolute Gasteiger partial charge is 0.275 e. The first-order chi connectivity index (χ1) is 13.0. The van der Waals surface area contributed by atoms with Crippen LogP contribution in [0.4, 0.5) is 0 Å².